The first-order chi connectivity index (χ1) is 22.4. The van der Waals surface area contributed by atoms with Crippen LogP contribution in [0.2, 0.25) is 0 Å². The van der Waals surface area contributed by atoms with Gasteiger partial charge >= 0.3 is 12.1 Å². The predicted molar refractivity (Wildman–Crippen MR) is 188 cm³/mol. The molecule has 0 fully saturated rings. The van der Waals surface area contributed by atoms with Crippen molar-refractivity contribution in [3.8, 4) is 16.9 Å². The monoisotopic (exact) mass is 629 g/mol. The molecular weight excluding hydrogens is 586 g/mol. The molecule has 0 aliphatic carbocycles. The van der Waals surface area contributed by atoms with Crippen molar-refractivity contribution in [3.05, 3.63) is 137 Å². The number of fused-ring (bicyclic) bond motifs is 1. The van der Waals surface area contributed by atoms with Gasteiger partial charge in [-0.25, -0.2) is 9.59 Å². The van der Waals surface area contributed by atoms with E-state index in [1.807, 2.05) is 114 Å². The third-order valence-electron chi connectivity index (χ3n) is 8.33. The Balaban J connectivity index is 1.56. The van der Waals surface area contributed by atoms with Gasteiger partial charge in [0, 0.05) is 6.54 Å². The molecular formula is C41H43NO5. The molecule has 5 aromatic rings. The molecule has 0 aromatic heterocycles. The minimum absolute atomic E-state index is 0.202. The van der Waals surface area contributed by atoms with Gasteiger partial charge in [0.25, 0.3) is 0 Å². The van der Waals surface area contributed by atoms with E-state index < -0.39 is 11.7 Å². The number of ether oxygens (including phenoxy) is 3. The molecule has 0 spiro atoms. The van der Waals surface area contributed by atoms with Gasteiger partial charge in [-0.2, -0.15) is 0 Å². The normalized spacial score (nSPS) is 12.0. The van der Waals surface area contributed by atoms with Gasteiger partial charge in [0.15, 0.2) is 0 Å². The average molecular weight is 630 g/mol. The maximum atomic E-state index is 13.7. The molecule has 0 aliphatic heterocycles. The van der Waals surface area contributed by atoms with Crippen molar-refractivity contribution >= 4 is 22.8 Å². The lowest BCUT2D eigenvalue weighted by atomic mass is 9.89. The van der Waals surface area contributed by atoms with Crippen molar-refractivity contribution in [1.82, 2.24) is 4.90 Å². The van der Waals surface area contributed by atoms with E-state index in [0.717, 1.165) is 55.5 Å². The summed E-state index contributed by atoms with van der Waals surface area (Å²) in [6, 6.07) is 33.6. The Morgan fingerprint density at radius 1 is 0.787 bits per heavy atom. The van der Waals surface area contributed by atoms with Crippen LogP contribution in [0.15, 0.2) is 103 Å². The van der Waals surface area contributed by atoms with Crippen molar-refractivity contribution < 1.29 is 23.8 Å². The number of esters is 1. The zero-order valence-corrected chi connectivity index (χ0v) is 28.3. The number of amides is 1. The van der Waals surface area contributed by atoms with Gasteiger partial charge in [-0.1, -0.05) is 78.9 Å². The first-order valence-corrected chi connectivity index (χ1v) is 15.9. The highest BCUT2D eigenvalue weighted by Crippen LogP contribution is 2.36. The van der Waals surface area contributed by atoms with Crippen LogP contribution in [0.25, 0.3) is 21.9 Å². The average Bonchev–Trinajstić information content (AvgIpc) is 3.05. The summed E-state index contributed by atoms with van der Waals surface area (Å²) in [5.74, 6) is 0.369. The molecule has 242 valence electrons. The maximum absolute atomic E-state index is 13.7. The van der Waals surface area contributed by atoms with E-state index in [1.165, 1.54) is 0 Å². The van der Waals surface area contributed by atoms with E-state index in [2.05, 4.69) is 30.3 Å². The van der Waals surface area contributed by atoms with Crippen LogP contribution >= 0.6 is 0 Å². The Morgan fingerprint density at radius 3 is 2.23 bits per heavy atom. The predicted octanol–water partition coefficient (Wildman–Crippen LogP) is 9.99. The summed E-state index contributed by atoms with van der Waals surface area (Å²) >= 11 is 0. The summed E-state index contributed by atoms with van der Waals surface area (Å²) in [6.45, 7) is 12.0. The first-order valence-electron chi connectivity index (χ1n) is 15.9. The topological polar surface area (TPSA) is 65.1 Å². The van der Waals surface area contributed by atoms with Crippen LogP contribution in [0.5, 0.6) is 5.75 Å². The molecule has 0 aliphatic rings. The summed E-state index contributed by atoms with van der Waals surface area (Å²) in [7, 11) is 1.63. The van der Waals surface area contributed by atoms with Crippen molar-refractivity contribution in [1.29, 1.82) is 0 Å². The van der Waals surface area contributed by atoms with E-state index in [9.17, 15) is 9.59 Å². The van der Waals surface area contributed by atoms with Crippen LogP contribution in [0.4, 0.5) is 4.79 Å². The molecule has 0 bridgehead atoms. The van der Waals surface area contributed by atoms with Crippen molar-refractivity contribution in [2.75, 3.05) is 7.11 Å². The van der Waals surface area contributed by atoms with Crippen LogP contribution in [0.3, 0.4) is 0 Å². The number of carbonyl (C=O) groups excluding carboxylic acids is 2. The van der Waals surface area contributed by atoms with E-state index in [4.69, 9.17) is 14.2 Å². The zero-order valence-electron chi connectivity index (χ0n) is 28.3. The highest BCUT2D eigenvalue weighted by molar-refractivity contribution is 6.01. The molecule has 0 radical (unpaired) electrons. The summed E-state index contributed by atoms with van der Waals surface area (Å²) in [5, 5.41) is 2.09. The summed E-state index contributed by atoms with van der Waals surface area (Å²) < 4.78 is 17.2. The number of aryl methyl sites for hydroxylation is 1. The number of hydrogen-bond acceptors (Lipinski definition) is 5. The minimum Gasteiger partial charge on any atom is -0.497 e. The molecule has 6 nitrogen and oxygen atoms in total. The SMILES string of the molecule is COc1cccc(C(C)N(Cc2cc(-c3ccc(C)c(C(=O)OCc4ccccc4)c3C)c3ccccc3c2)C(=O)OC(C)(C)C)c1. The lowest BCUT2D eigenvalue weighted by molar-refractivity contribution is 0.0152. The number of rotatable bonds is 9. The van der Waals surface area contributed by atoms with Crippen LogP contribution in [0, 0.1) is 13.8 Å². The second kappa shape index (κ2) is 14.1. The smallest absolute Gasteiger partial charge is 0.411 e. The lowest BCUT2D eigenvalue weighted by Crippen LogP contribution is -2.38. The fourth-order valence-corrected chi connectivity index (χ4v) is 5.89. The molecule has 5 aromatic carbocycles. The number of carbonyl (C=O) groups is 2. The highest BCUT2D eigenvalue weighted by Gasteiger charge is 2.28. The number of nitrogens with zero attached hydrogens (tertiary/aromatic N) is 1. The first kappa shape index (κ1) is 33.3. The van der Waals surface area contributed by atoms with Gasteiger partial charge in [-0.15, -0.1) is 0 Å². The van der Waals surface area contributed by atoms with Crippen molar-refractivity contribution in [2.45, 2.75) is 66.3 Å². The van der Waals surface area contributed by atoms with Gasteiger partial charge in [0.1, 0.15) is 18.0 Å². The molecule has 5 rings (SSSR count). The van der Waals surface area contributed by atoms with Crippen LogP contribution in [-0.2, 0) is 22.6 Å². The summed E-state index contributed by atoms with van der Waals surface area (Å²) in [6.07, 6.45) is -0.405. The van der Waals surface area contributed by atoms with E-state index in [0.29, 0.717) is 12.1 Å². The second-order valence-electron chi connectivity index (χ2n) is 12.9. The minimum atomic E-state index is -0.664. The van der Waals surface area contributed by atoms with E-state index >= 15 is 0 Å². The lowest BCUT2D eigenvalue weighted by Gasteiger charge is -2.32. The summed E-state index contributed by atoms with van der Waals surface area (Å²) in [5.41, 5.74) is 6.32. The van der Waals surface area contributed by atoms with E-state index in [1.54, 1.807) is 12.0 Å². The van der Waals surface area contributed by atoms with Gasteiger partial charge in [0.05, 0.1) is 18.7 Å². The summed E-state index contributed by atoms with van der Waals surface area (Å²) in [4.78, 5) is 29.0. The Labute approximate surface area is 277 Å². The Kier molecular flexibility index (Phi) is 10.00. The van der Waals surface area contributed by atoms with Gasteiger partial charge in [0.2, 0.25) is 0 Å². The molecule has 0 saturated heterocycles. The third kappa shape index (κ3) is 7.83. The van der Waals surface area contributed by atoms with Crippen LogP contribution < -0.4 is 4.74 Å². The van der Waals surface area contributed by atoms with Crippen molar-refractivity contribution in [3.63, 3.8) is 0 Å². The zero-order chi connectivity index (χ0) is 33.7. The molecule has 6 heteroatoms. The highest BCUT2D eigenvalue weighted by atomic mass is 16.6. The number of benzene rings is 5. The molecule has 0 heterocycles. The van der Waals surface area contributed by atoms with E-state index in [-0.39, 0.29) is 18.6 Å². The van der Waals surface area contributed by atoms with Crippen molar-refractivity contribution in [2.24, 2.45) is 0 Å². The molecule has 1 amide bonds. The Bertz CT molecular complexity index is 1890. The standard InChI is InChI=1S/C41H43NO5/c1-27-20-21-35(28(2)38(27)39(43)46-26-30-14-9-8-10-15-30)37-23-31(22-33-16-11-12-19-36(33)37)25-42(40(44)47-41(4,5)6)29(3)32-17-13-18-34(24-32)45-7/h8-24,29H,25-26H2,1-7H3. The maximum Gasteiger partial charge on any atom is 0.411 e. The largest absolute Gasteiger partial charge is 0.497 e. The molecule has 47 heavy (non-hydrogen) atoms. The van der Waals surface area contributed by atoms with Gasteiger partial charge < -0.3 is 14.2 Å². The fraction of sp³-hybridized carbons (Fsp3) is 0.268. The molecule has 1 unspecified atom stereocenters. The molecule has 1 atom stereocenters. The molecule has 0 saturated carbocycles. The fourth-order valence-electron chi connectivity index (χ4n) is 5.89. The quantitative estimate of drug-likeness (QED) is 0.152. The van der Waals surface area contributed by atoms with Crippen LogP contribution in [-0.4, -0.2) is 29.7 Å². The number of hydrogen-bond donors (Lipinski definition) is 0. The molecule has 0 N–H and O–H groups in total. The van der Waals surface area contributed by atoms with Crippen LogP contribution in [0.1, 0.15) is 71.9 Å². The van der Waals surface area contributed by atoms with Gasteiger partial charge in [-0.3, -0.25) is 4.90 Å². The Hall–Kier alpha value is -5.10. The second-order valence-corrected chi connectivity index (χ2v) is 12.9. The van der Waals surface area contributed by atoms with Gasteiger partial charge in [-0.05, 0) is 116 Å². The number of methoxy groups -OCH3 is 1. The Morgan fingerprint density at radius 2 is 1.51 bits per heavy atom. The third-order valence-corrected chi connectivity index (χ3v) is 8.33.